The molecule has 0 bridgehead atoms. The molecule has 4 rings (SSSR count). The molecule has 0 aromatic heterocycles. The molecule has 7 nitrogen and oxygen atoms in total. The third-order valence-electron chi connectivity index (χ3n) is 7.07. The lowest BCUT2D eigenvalue weighted by Gasteiger charge is -2.34. The highest BCUT2D eigenvalue weighted by Gasteiger charge is 2.22. The van der Waals surface area contributed by atoms with E-state index in [1.165, 1.54) is 37.7 Å². The zero-order chi connectivity index (χ0) is 25.0. The molecule has 0 spiro atoms. The van der Waals surface area contributed by atoms with Crippen molar-refractivity contribution in [1.82, 2.24) is 15.1 Å². The van der Waals surface area contributed by atoms with E-state index >= 15 is 0 Å². The second-order valence-electron chi connectivity index (χ2n) is 9.88. The highest BCUT2D eigenvalue weighted by Crippen LogP contribution is 2.26. The van der Waals surface area contributed by atoms with Crippen molar-refractivity contribution in [2.75, 3.05) is 39.4 Å². The second-order valence-corrected chi connectivity index (χ2v) is 9.88. The molecule has 0 radical (unpaired) electrons. The quantitative estimate of drug-likeness (QED) is 0.524. The van der Waals surface area contributed by atoms with E-state index < -0.39 is 5.91 Å². The smallest absolute Gasteiger partial charge is 0.324 e. The van der Waals surface area contributed by atoms with Gasteiger partial charge in [-0.05, 0) is 35.6 Å². The summed E-state index contributed by atoms with van der Waals surface area (Å²) in [5.41, 5.74) is 2.21. The minimum atomic E-state index is -0.418. The summed E-state index contributed by atoms with van der Waals surface area (Å²) in [6.45, 7) is 4.51. The van der Waals surface area contributed by atoms with Crippen molar-refractivity contribution in [3.8, 4) is 5.75 Å². The van der Waals surface area contributed by atoms with Gasteiger partial charge in [-0.3, -0.25) is 15.0 Å². The molecule has 1 saturated heterocycles. The average Bonchev–Trinajstić information content (AvgIpc) is 2.90. The van der Waals surface area contributed by atoms with Crippen molar-refractivity contribution < 1.29 is 19.1 Å². The Morgan fingerprint density at radius 2 is 1.64 bits per heavy atom. The summed E-state index contributed by atoms with van der Waals surface area (Å²) < 4.78 is 11.5. The molecular formula is C29H39N3O4. The Morgan fingerprint density at radius 3 is 2.42 bits per heavy atom. The van der Waals surface area contributed by atoms with Crippen molar-refractivity contribution in [1.29, 1.82) is 0 Å². The zero-order valence-corrected chi connectivity index (χ0v) is 21.2. The highest BCUT2D eigenvalue weighted by molar-refractivity contribution is 5.94. The maximum absolute atomic E-state index is 12.5. The molecule has 36 heavy (non-hydrogen) atoms. The normalized spacial score (nSPS) is 17.1. The number of benzene rings is 2. The van der Waals surface area contributed by atoms with Crippen LogP contribution in [-0.4, -0.2) is 61.1 Å². The van der Waals surface area contributed by atoms with Crippen LogP contribution in [-0.2, 0) is 22.7 Å². The molecule has 2 aromatic carbocycles. The van der Waals surface area contributed by atoms with Gasteiger partial charge >= 0.3 is 6.03 Å². The number of hydrogen-bond acceptors (Lipinski definition) is 5. The van der Waals surface area contributed by atoms with E-state index in [0.29, 0.717) is 19.7 Å². The maximum Gasteiger partial charge on any atom is 0.324 e. The van der Waals surface area contributed by atoms with E-state index in [1.54, 1.807) is 4.90 Å². The van der Waals surface area contributed by atoms with Gasteiger partial charge in [0.1, 0.15) is 12.4 Å². The van der Waals surface area contributed by atoms with Crippen molar-refractivity contribution in [3.63, 3.8) is 0 Å². The number of ether oxygens (including phenoxy) is 2. The first-order valence-corrected chi connectivity index (χ1v) is 13.3. The average molecular weight is 494 g/mol. The Kier molecular flexibility index (Phi) is 10.2. The van der Waals surface area contributed by atoms with Crippen molar-refractivity contribution in [3.05, 3.63) is 65.7 Å². The summed E-state index contributed by atoms with van der Waals surface area (Å²) in [6.07, 6.45) is 7.98. The monoisotopic (exact) mass is 493 g/mol. The number of urea groups is 1. The van der Waals surface area contributed by atoms with Crippen LogP contribution in [0.3, 0.4) is 0 Å². The number of hydrogen-bond donors (Lipinski definition) is 1. The molecule has 1 heterocycles. The predicted octanol–water partition coefficient (Wildman–Crippen LogP) is 4.61. The number of imide groups is 1. The fourth-order valence-electron chi connectivity index (χ4n) is 4.99. The Hall–Kier alpha value is -2.90. The third kappa shape index (κ3) is 8.64. The van der Waals surface area contributed by atoms with E-state index in [-0.39, 0.29) is 12.6 Å². The van der Waals surface area contributed by atoms with E-state index in [9.17, 15) is 9.59 Å². The summed E-state index contributed by atoms with van der Waals surface area (Å²) in [7, 11) is 0. The van der Waals surface area contributed by atoms with Crippen LogP contribution in [0.25, 0.3) is 0 Å². The Labute approximate surface area is 214 Å². The number of carbonyl (C=O) groups excluding carboxylic acids is 2. The minimum absolute atomic E-state index is 0.139. The minimum Gasteiger partial charge on any atom is -0.494 e. The van der Waals surface area contributed by atoms with Crippen molar-refractivity contribution in [2.45, 2.75) is 51.7 Å². The van der Waals surface area contributed by atoms with E-state index in [0.717, 1.165) is 49.9 Å². The lowest BCUT2D eigenvalue weighted by Crippen LogP contribution is -2.52. The van der Waals surface area contributed by atoms with Gasteiger partial charge in [-0.25, -0.2) is 4.79 Å². The van der Waals surface area contributed by atoms with Gasteiger partial charge in [0, 0.05) is 32.7 Å². The number of rotatable bonds is 10. The summed E-state index contributed by atoms with van der Waals surface area (Å²) in [6, 6.07) is 17.6. The molecule has 1 aliphatic carbocycles. The Morgan fingerprint density at radius 1 is 0.889 bits per heavy atom. The Bertz CT molecular complexity index is 954. The Balaban J connectivity index is 1.12. The van der Waals surface area contributed by atoms with Crippen LogP contribution in [0.15, 0.2) is 54.6 Å². The number of nitrogens with zero attached hydrogens (tertiary/aromatic N) is 2. The third-order valence-corrected chi connectivity index (χ3v) is 7.07. The fourth-order valence-corrected chi connectivity index (χ4v) is 4.99. The molecule has 2 aromatic rings. The number of piperazine rings is 1. The number of nitrogens with one attached hydrogen (secondary N) is 1. The lowest BCUT2D eigenvalue weighted by molar-refractivity contribution is -0.125. The van der Waals surface area contributed by atoms with E-state index in [4.69, 9.17) is 9.47 Å². The van der Waals surface area contributed by atoms with Crippen molar-refractivity contribution >= 4 is 11.9 Å². The second kappa shape index (κ2) is 14.0. The SMILES string of the molecule is O=C(COCc1ccccc1)NC(=O)N1CCN(Cc2cccc(OCCC3CCCCC3)c2)CC1. The molecule has 2 fully saturated rings. The van der Waals surface area contributed by atoms with Gasteiger partial charge in [0.2, 0.25) is 0 Å². The van der Waals surface area contributed by atoms with Crippen LogP contribution in [0.1, 0.15) is 49.7 Å². The van der Waals surface area contributed by atoms with Crippen LogP contribution in [0.4, 0.5) is 4.79 Å². The summed E-state index contributed by atoms with van der Waals surface area (Å²) >= 11 is 0. The summed E-state index contributed by atoms with van der Waals surface area (Å²) in [5, 5.41) is 2.44. The van der Waals surface area contributed by atoms with Gasteiger partial charge in [0.05, 0.1) is 13.2 Å². The molecular weight excluding hydrogens is 454 g/mol. The van der Waals surface area contributed by atoms with Gasteiger partial charge in [-0.2, -0.15) is 0 Å². The first-order chi connectivity index (χ1) is 17.7. The van der Waals surface area contributed by atoms with Crippen molar-refractivity contribution in [2.24, 2.45) is 5.92 Å². The molecule has 194 valence electrons. The molecule has 0 unspecified atom stereocenters. The molecule has 0 atom stereocenters. The molecule has 3 amide bonds. The highest BCUT2D eigenvalue weighted by atomic mass is 16.5. The largest absolute Gasteiger partial charge is 0.494 e. The summed E-state index contributed by atoms with van der Waals surface area (Å²) in [4.78, 5) is 28.6. The van der Waals surface area contributed by atoms with Crippen LogP contribution >= 0.6 is 0 Å². The maximum atomic E-state index is 12.5. The molecule has 2 aliphatic rings. The number of carbonyl (C=O) groups is 2. The topological polar surface area (TPSA) is 71.1 Å². The fraction of sp³-hybridized carbons (Fsp3) is 0.517. The van der Waals surface area contributed by atoms with Gasteiger partial charge < -0.3 is 14.4 Å². The van der Waals surface area contributed by atoms with Gasteiger partial charge in [-0.15, -0.1) is 0 Å². The molecule has 1 N–H and O–H groups in total. The standard InChI is InChI=1S/C29H39N3O4/c33-28(23-35-22-25-10-5-2-6-11-25)30-29(34)32-17-15-31(16-18-32)21-26-12-7-13-27(20-26)36-19-14-24-8-3-1-4-9-24/h2,5-7,10-13,20,24H,1,3-4,8-9,14-19,21-23H2,(H,30,33,34). The number of amides is 3. The first-order valence-electron chi connectivity index (χ1n) is 13.3. The van der Waals surface area contributed by atoms with Crippen LogP contribution in [0.5, 0.6) is 5.75 Å². The molecule has 1 aliphatic heterocycles. The predicted molar refractivity (Wildman–Crippen MR) is 140 cm³/mol. The van der Waals surface area contributed by atoms with E-state index in [2.05, 4.69) is 28.4 Å². The van der Waals surface area contributed by atoms with E-state index in [1.807, 2.05) is 36.4 Å². The van der Waals surface area contributed by atoms with Gasteiger partial charge in [0.25, 0.3) is 5.91 Å². The molecule has 1 saturated carbocycles. The lowest BCUT2D eigenvalue weighted by atomic mass is 9.87. The van der Waals surface area contributed by atoms with Gasteiger partial charge in [-0.1, -0.05) is 74.6 Å². The summed E-state index contributed by atoms with van der Waals surface area (Å²) in [5.74, 6) is 1.35. The van der Waals surface area contributed by atoms with Crippen LogP contribution < -0.4 is 10.1 Å². The molecule has 7 heteroatoms. The zero-order valence-electron chi connectivity index (χ0n) is 21.2. The van der Waals surface area contributed by atoms with Crippen LogP contribution in [0.2, 0.25) is 0 Å². The first kappa shape index (κ1) is 26.2. The van der Waals surface area contributed by atoms with Gasteiger partial charge in [0.15, 0.2) is 0 Å². The van der Waals surface area contributed by atoms with Crippen LogP contribution in [0, 0.1) is 5.92 Å².